The number of carbonyl (C=O) groups excluding carboxylic acids is 1. The average molecular weight is 278 g/mol. The van der Waals surface area contributed by atoms with Crippen molar-refractivity contribution in [1.29, 1.82) is 0 Å². The van der Waals surface area contributed by atoms with Gasteiger partial charge in [-0.05, 0) is 31.0 Å². The van der Waals surface area contributed by atoms with Crippen LogP contribution in [0.15, 0.2) is 24.3 Å². The molecule has 5 nitrogen and oxygen atoms in total. The summed E-state index contributed by atoms with van der Waals surface area (Å²) in [6, 6.07) is 6.05. The summed E-state index contributed by atoms with van der Waals surface area (Å²) in [5, 5.41) is 11.7. The molecule has 0 spiro atoms. The van der Waals surface area contributed by atoms with Crippen LogP contribution >= 0.6 is 0 Å². The van der Waals surface area contributed by atoms with Crippen molar-refractivity contribution < 1.29 is 14.7 Å². The zero-order chi connectivity index (χ0) is 15.1. The number of rotatable bonds is 6. The lowest BCUT2D eigenvalue weighted by molar-refractivity contribution is 0.0697. The third-order valence-corrected chi connectivity index (χ3v) is 3.26. The Bertz CT molecular complexity index is 474. The molecule has 0 aliphatic carbocycles. The van der Waals surface area contributed by atoms with Crippen LogP contribution in [0.4, 0.5) is 10.5 Å². The van der Waals surface area contributed by atoms with Gasteiger partial charge in [-0.3, -0.25) is 0 Å². The van der Waals surface area contributed by atoms with Gasteiger partial charge in [0.05, 0.1) is 5.56 Å². The topological polar surface area (TPSA) is 69.6 Å². The van der Waals surface area contributed by atoms with Crippen molar-refractivity contribution >= 4 is 17.7 Å². The van der Waals surface area contributed by atoms with E-state index in [1.807, 2.05) is 6.92 Å². The molecule has 0 saturated carbocycles. The summed E-state index contributed by atoms with van der Waals surface area (Å²) >= 11 is 0. The second-order valence-electron chi connectivity index (χ2n) is 4.87. The maximum atomic E-state index is 12.1. The minimum Gasteiger partial charge on any atom is -0.478 e. The van der Waals surface area contributed by atoms with Crippen LogP contribution in [0.25, 0.3) is 0 Å². The van der Waals surface area contributed by atoms with E-state index in [9.17, 15) is 9.59 Å². The van der Waals surface area contributed by atoms with Crippen LogP contribution in [-0.2, 0) is 0 Å². The van der Waals surface area contributed by atoms with E-state index < -0.39 is 5.97 Å². The smallest absolute Gasteiger partial charge is 0.335 e. The number of hydrogen-bond donors (Lipinski definition) is 2. The number of benzene rings is 1. The summed E-state index contributed by atoms with van der Waals surface area (Å²) in [6.45, 7) is 7.43. The van der Waals surface area contributed by atoms with Crippen LogP contribution in [0.1, 0.15) is 37.6 Å². The van der Waals surface area contributed by atoms with Gasteiger partial charge in [-0.25, -0.2) is 9.59 Å². The van der Waals surface area contributed by atoms with Crippen molar-refractivity contribution in [3.8, 4) is 0 Å². The van der Waals surface area contributed by atoms with Gasteiger partial charge in [-0.15, -0.1) is 0 Å². The Morgan fingerprint density at radius 3 is 2.60 bits per heavy atom. The van der Waals surface area contributed by atoms with Crippen LogP contribution in [0, 0.1) is 5.92 Å². The molecule has 1 atom stereocenters. The van der Waals surface area contributed by atoms with Gasteiger partial charge in [0.1, 0.15) is 0 Å². The Morgan fingerprint density at radius 2 is 2.05 bits per heavy atom. The molecule has 0 saturated heterocycles. The normalized spacial score (nSPS) is 11.8. The molecule has 1 unspecified atom stereocenters. The molecule has 0 aliphatic heterocycles. The Balaban J connectivity index is 2.73. The molecule has 0 radical (unpaired) electrons. The first-order valence-corrected chi connectivity index (χ1v) is 6.87. The highest BCUT2D eigenvalue weighted by Crippen LogP contribution is 2.12. The van der Waals surface area contributed by atoms with Gasteiger partial charge in [0.2, 0.25) is 0 Å². The third-order valence-electron chi connectivity index (χ3n) is 3.26. The van der Waals surface area contributed by atoms with E-state index in [2.05, 4.69) is 19.2 Å². The summed E-state index contributed by atoms with van der Waals surface area (Å²) in [4.78, 5) is 24.8. The first-order valence-electron chi connectivity index (χ1n) is 6.87. The van der Waals surface area contributed by atoms with Crippen molar-refractivity contribution in [2.24, 2.45) is 5.92 Å². The molecule has 0 heterocycles. The molecule has 0 bridgehead atoms. The van der Waals surface area contributed by atoms with E-state index in [1.165, 1.54) is 12.1 Å². The fourth-order valence-corrected chi connectivity index (χ4v) is 1.79. The van der Waals surface area contributed by atoms with E-state index in [-0.39, 0.29) is 11.6 Å². The number of urea groups is 1. The SMILES string of the molecule is CCC(C)CN(CC)C(=O)Nc1cccc(C(=O)O)c1. The number of aromatic carboxylic acids is 1. The van der Waals surface area contributed by atoms with Crippen molar-refractivity contribution in [3.63, 3.8) is 0 Å². The van der Waals surface area contributed by atoms with Gasteiger partial charge in [-0.1, -0.05) is 26.3 Å². The standard InChI is InChI=1S/C15H22N2O3/c1-4-11(3)10-17(5-2)15(20)16-13-8-6-7-12(9-13)14(18)19/h6-9,11H,4-5,10H2,1-3H3,(H,16,20)(H,18,19). The summed E-state index contributed by atoms with van der Waals surface area (Å²) in [6.07, 6.45) is 1.01. The van der Waals surface area contributed by atoms with Gasteiger partial charge in [0, 0.05) is 18.8 Å². The van der Waals surface area contributed by atoms with Crippen LogP contribution < -0.4 is 5.32 Å². The van der Waals surface area contributed by atoms with Gasteiger partial charge in [0.25, 0.3) is 0 Å². The quantitative estimate of drug-likeness (QED) is 0.839. The molecule has 110 valence electrons. The Kier molecular flexibility index (Phi) is 6.03. The van der Waals surface area contributed by atoms with E-state index in [0.29, 0.717) is 24.7 Å². The highest BCUT2D eigenvalue weighted by Gasteiger charge is 2.14. The third kappa shape index (κ3) is 4.57. The first kappa shape index (κ1) is 16.0. The first-order chi connectivity index (χ1) is 9.47. The number of nitrogens with one attached hydrogen (secondary N) is 1. The molecule has 2 amide bonds. The molecule has 0 fully saturated rings. The second-order valence-corrected chi connectivity index (χ2v) is 4.87. The maximum Gasteiger partial charge on any atom is 0.335 e. The van der Waals surface area contributed by atoms with Crippen molar-refractivity contribution in [2.45, 2.75) is 27.2 Å². The number of hydrogen-bond acceptors (Lipinski definition) is 2. The van der Waals surface area contributed by atoms with E-state index in [4.69, 9.17) is 5.11 Å². The number of carboxylic acids is 1. The Hall–Kier alpha value is -2.04. The van der Waals surface area contributed by atoms with Crippen LogP contribution in [0.2, 0.25) is 0 Å². The lowest BCUT2D eigenvalue weighted by Gasteiger charge is -2.24. The summed E-state index contributed by atoms with van der Waals surface area (Å²) in [7, 11) is 0. The molecule has 2 N–H and O–H groups in total. The van der Waals surface area contributed by atoms with Crippen LogP contribution in [0.5, 0.6) is 0 Å². The maximum absolute atomic E-state index is 12.1. The largest absolute Gasteiger partial charge is 0.478 e. The second kappa shape index (κ2) is 7.53. The van der Waals surface area contributed by atoms with Crippen molar-refractivity contribution in [3.05, 3.63) is 29.8 Å². The number of amides is 2. The number of carboxylic acid groups (broad SMARTS) is 1. The van der Waals surface area contributed by atoms with Gasteiger partial charge < -0.3 is 15.3 Å². The van der Waals surface area contributed by atoms with E-state index >= 15 is 0 Å². The van der Waals surface area contributed by atoms with Gasteiger partial charge >= 0.3 is 12.0 Å². The number of nitrogens with zero attached hydrogens (tertiary/aromatic N) is 1. The molecule has 5 heteroatoms. The van der Waals surface area contributed by atoms with Crippen molar-refractivity contribution in [2.75, 3.05) is 18.4 Å². The summed E-state index contributed by atoms with van der Waals surface area (Å²) in [5.41, 5.74) is 0.658. The monoisotopic (exact) mass is 278 g/mol. The van der Waals surface area contributed by atoms with Crippen LogP contribution in [0.3, 0.4) is 0 Å². The van der Waals surface area contributed by atoms with Gasteiger partial charge in [0.15, 0.2) is 0 Å². The molecule has 1 aromatic rings. The van der Waals surface area contributed by atoms with Crippen molar-refractivity contribution in [1.82, 2.24) is 4.90 Å². The predicted octanol–water partition coefficient (Wildman–Crippen LogP) is 3.28. The lowest BCUT2D eigenvalue weighted by atomic mass is 10.1. The van der Waals surface area contributed by atoms with Gasteiger partial charge in [-0.2, -0.15) is 0 Å². The fraction of sp³-hybridized carbons (Fsp3) is 0.467. The zero-order valence-electron chi connectivity index (χ0n) is 12.2. The van der Waals surface area contributed by atoms with E-state index in [0.717, 1.165) is 6.42 Å². The fourth-order valence-electron chi connectivity index (χ4n) is 1.79. The highest BCUT2D eigenvalue weighted by atomic mass is 16.4. The summed E-state index contributed by atoms with van der Waals surface area (Å²) < 4.78 is 0. The number of anilines is 1. The zero-order valence-corrected chi connectivity index (χ0v) is 12.2. The van der Waals surface area contributed by atoms with E-state index in [1.54, 1.807) is 17.0 Å². The molecular weight excluding hydrogens is 256 g/mol. The molecule has 1 rings (SSSR count). The van der Waals surface area contributed by atoms with Crippen LogP contribution in [-0.4, -0.2) is 35.1 Å². The summed E-state index contributed by atoms with van der Waals surface area (Å²) in [5.74, 6) is -0.570. The Labute approximate surface area is 119 Å². The average Bonchev–Trinajstić information content (AvgIpc) is 2.44. The molecule has 0 aromatic heterocycles. The number of carbonyl (C=O) groups is 2. The minimum absolute atomic E-state index is 0.160. The molecule has 1 aromatic carbocycles. The lowest BCUT2D eigenvalue weighted by Crippen LogP contribution is -2.37. The molecule has 20 heavy (non-hydrogen) atoms. The predicted molar refractivity (Wildman–Crippen MR) is 79.1 cm³/mol. The molecular formula is C15H22N2O3. The minimum atomic E-state index is -1.01. The molecule has 0 aliphatic rings. The highest BCUT2D eigenvalue weighted by molar-refractivity contribution is 5.93. The Morgan fingerprint density at radius 1 is 1.35 bits per heavy atom.